The molecule has 1 aliphatic rings. The van der Waals surface area contributed by atoms with E-state index in [4.69, 9.17) is 9.47 Å². The third-order valence-electron chi connectivity index (χ3n) is 4.06. The first-order chi connectivity index (χ1) is 11.7. The number of benzene rings is 1. The van der Waals surface area contributed by atoms with E-state index in [-0.39, 0.29) is 18.0 Å². The van der Waals surface area contributed by atoms with Gasteiger partial charge >= 0.3 is 0 Å². The van der Waals surface area contributed by atoms with Crippen molar-refractivity contribution in [3.8, 4) is 11.5 Å². The fourth-order valence-electron chi connectivity index (χ4n) is 2.72. The van der Waals surface area contributed by atoms with Gasteiger partial charge in [-0.1, -0.05) is 13.0 Å². The Morgan fingerprint density at radius 2 is 1.96 bits per heavy atom. The summed E-state index contributed by atoms with van der Waals surface area (Å²) in [6, 6.07) is 5.61. The predicted molar refractivity (Wildman–Crippen MR) is 93.1 cm³/mol. The minimum absolute atomic E-state index is 0.0174. The number of hydrogen-bond donors (Lipinski definition) is 4. The van der Waals surface area contributed by atoms with Crippen LogP contribution in [0.1, 0.15) is 31.4 Å². The van der Waals surface area contributed by atoms with Crippen LogP contribution < -0.4 is 31.0 Å². The van der Waals surface area contributed by atoms with E-state index in [1.807, 2.05) is 18.2 Å². The SMILES string of the molecule is CCCNCCNC(=O)C1CC(c2ccc(OC)c(OC)c2)NN1. The van der Waals surface area contributed by atoms with E-state index in [1.165, 1.54) is 0 Å². The zero-order chi connectivity index (χ0) is 17.4. The molecule has 7 nitrogen and oxygen atoms in total. The summed E-state index contributed by atoms with van der Waals surface area (Å²) < 4.78 is 10.6. The molecular formula is C17H28N4O3. The van der Waals surface area contributed by atoms with Crippen molar-refractivity contribution in [3.05, 3.63) is 23.8 Å². The highest BCUT2D eigenvalue weighted by atomic mass is 16.5. The van der Waals surface area contributed by atoms with Crippen molar-refractivity contribution in [2.75, 3.05) is 33.9 Å². The zero-order valence-corrected chi connectivity index (χ0v) is 14.6. The monoisotopic (exact) mass is 336 g/mol. The summed E-state index contributed by atoms with van der Waals surface area (Å²) in [4.78, 5) is 12.2. The maximum atomic E-state index is 12.2. The first kappa shape index (κ1) is 18.5. The molecule has 0 radical (unpaired) electrons. The summed E-state index contributed by atoms with van der Waals surface area (Å²) in [5.74, 6) is 1.40. The summed E-state index contributed by atoms with van der Waals surface area (Å²) in [6.07, 6.45) is 1.78. The van der Waals surface area contributed by atoms with Crippen molar-refractivity contribution in [1.29, 1.82) is 0 Å². The molecule has 0 saturated carbocycles. The molecule has 1 aromatic carbocycles. The lowest BCUT2D eigenvalue weighted by Crippen LogP contribution is -2.44. The molecule has 0 aliphatic carbocycles. The highest BCUT2D eigenvalue weighted by Crippen LogP contribution is 2.32. The number of ether oxygens (including phenoxy) is 2. The van der Waals surface area contributed by atoms with E-state index in [1.54, 1.807) is 14.2 Å². The molecule has 1 saturated heterocycles. The molecule has 0 aromatic heterocycles. The highest BCUT2D eigenvalue weighted by molar-refractivity contribution is 5.82. The predicted octanol–water partition coefficient (Wildman–Crippen LogP) is 0.727. The lowest BCUT2D eigenvalue weighted by atomic mass is 10.0. The molecule has 134 valence electrons. The molecule has 4 N–H and O–H groups in total. The fourth-order valence-corrected chi connectivity index (χ4v) is 2.72. The molecule has 1 aliphatic heterocycles. The van der Waals surface area contributed by atoms with E-state index in [0.29, 0.717) is 24.5 Å². The first-order valence-electron chi connectivity index (χ1n) is 8.41. The van der Waals surface area contributed by atoms with Gasteiger partial charge < -0.3 is 20.1 Å². The Labute approximate surface area is 143 Å². The second-order valence-corrected chi connectivity index (χ2v) is 5.78. The topological polar surface area (TPSA) is 83.7 Å². The van der Waals surface area contributed by atoms with Crippen molar-refractivity contribution in [1.82, 2.24) is 21.5 Å². The van der Waals surface area contributed by atoms with Gasteiger partial charge in [0.25, 0.3) is 0 Å². The van der Waals surface area contributed by atoms with Gasteiger partial charge in [-0.25, -0.2) is 10.9 Å². The highest BCUT2D eigenvalue weighted by Gasteiger charge is 2.30. The van der Waals surface area contributed by atoms with Gasteiger partial charge in [-0.2, -0.15) is 0 Å². The summed E-state index contributed by atoms with van der Waals surface area (Å²) >= 11 is 0. The Balaban J connectivity index is 1.85. The molecule has 2 atom stereocenters. The van der Waals surface area contributed by atoms with E-state index in [9.17, 15) is 4.79 Å². The van der Waals surface area contributed by atoms with E-state index >= 15 is 0 Å². The average molecular weight is 336 g/mol. The normalized spacial score (nSPS) is 20.0. The minimum atomic E-state index is -0.241. The van der Waals surface area contributed by atoms with Gasteiger partial charge in [0.15, 0.2) is 11.5 Å². The number of rotatable bonds is 9. The van der Waals surface area contributed by atoms with Crippen molar-refractivity contribution < 1.29 is 14.3 Å². The van der Waals surface area contributed by atoms with Crippen LogP contribution in [0.15, 0.2) is 18.2 Å². The van der Waals surface area contributed by atoms with Crippen LogP contribution in [0.3, 0.4) is 0 Å². The molecule has 1 aromatic rings. The van der Waals surface area contributed by atoms with Crippen LogP contribution in [0, 0.1) is 0 Å². The molecule has 1 heterocycles. The molecule has 1 amide bonds. The smallest absolute Gasteiger partial charge is 0.238 e. The Bertz CT molecular complexity index is 539. The number of amides is 1. The number of hydrazine groups is 1. The third kappa shape index (κ3) is 4.83. The van der Waals surface area contributed by atoms with Crippen LogP contribution in [-0.2, 0) is 4.79 Å². The molecule has 0 bridgehead atoms. The molecule has 2 unspecified atom stereocenters. The van der Waals surface area contributed by atoms with Gasteiger partial charge in [0, 0.05) is 19.1 Å². The van der Waals surface area contributed by atoms with Gasteiger partial charge in [0.05, 0.1) is 14.2 Å². The van der Waals surface area contributed by atoms with Crippen molar-refractivity contribution in [2.45, 2.75) is 31.8 Å². The second-order valence-electron chi connectivity index (χ2n) is 5.78. The lowest BCUT2D eigenvalue weighted by Gasteiger charge is -2.13. The molecule has 24 heavy (non-hydrogen) atoms. The van der Waals surface area contributed by atoms with E-state index < -0.39 is 0 Å². The number of hydrogen-bond acceptors (Lipinski definition) is 6. The van der Waals surface area contributed by atoms with Crippen LogP contribution in [0.25, 0.3) is 0 Å². The fraction of sp³-hybridized carbons (Fsp3) is 0.588. The van der Waals surface area contributed by atoms with Crippen LogP contribution in [0.4, 0.5) is 0 Å². The maximum Gasteiger partial charge on any atom is 0.238 e. The van der Waals surface area contributed by atoms with Crippen molar-refractivity contribution >= 4 is 5.91 Å². The average Bonchev–Trinajstić information content (AvgIpc) is 3.11. The Morgan fingerprint density at radius 3 is 2.67 bits per heavy atom. The zero-order valence-electron chi connectivity index (χ0n) is 14.6. The molecule has 2 rings (SSSR count). The number of nitrogens with one attached hydrogen (secondary N) is 4. The summed E-state index contributed by atoms with van der Waals surface area (Å²) in [5.41, 5.74) is 7.30. The van der Waals surface area contributed by atoms with Gasteiger partial charge in [0.1, 0.15) is 6.04 Å². The van der Waals surface area contributed by atoms with Gasteiger partial charge in [0.2, 0.25) is 5.91 Å². The lowest BCUT2D eigenvalue weighted by molar-refractivity contribution is -0.122. The largest absolute Gasteiger partial charge is 0.493 e. The number of methoxy groups -OCH3 is 2. The molecule has 0 spiro atoms. The first-order valence-corrected chi connectivity index (χ1v) is 8.41. The number of carbonyl (C=O) groups excluding carboxylic acids is 1. The van der Waals surface area contributed by atoms with Gasteiger partial charge in [-0.3, -0.25) is 4.79 Å². The summed E-state index contributed by atoms with van der Waals surface area (Å²) in [5, 5.41) is 6.21. The maximum absolute atomic E-state index is 12.2. The summed E-state index contributed by atoms with van der Waals surface area (Å²) in [6.45, 7) is 4.52. The van der Waals surface area contributed by atoms with Crippen molar-refractivity contribution in [3.63, 3.8) is 0 Å². The quantitative estimate of drug-likeness (QED) is 0.498. The van der Waals surface area contributed by atoms with Crippen LogP contribution >= 0.6 is 0 Å². The van der Waals surface area contributed by atoms with Gasteiger partial charge in [-0.15, -0.1) is 0 Å². The minimum Gasteiger partial charge on any atom is -0.493 e. The summed E-state index contributed by atoms with van der Waals surface area (Å²) in [7, 11) is 3.23. The van der Waals surface area contributed by atoms with Gasteiger partial charge in [-0.05, 0) is 37.1 Å². The Hall–Kier alpha value is -1.83. The molecule has 7 heteroatoms. The Morgan fingerprint density at radius 1 is 1.17 bits per heavy atom. The van der Waals surface area contributed by atoms with Crippen LogP contribution in [-0.4, -0.2) is 45.8 Å². The van der Waals surface area contributed by atoms with Crippen LogP contribution in [0.5, 0.6) is 11.5 Å². The van der Waals surface area contributed by atoms with E-state index in [0.717, 1.165) is 25.1 Å². The molecular weight excluding hydrogens is 308 g/mol. The number of carbonyl (C=O) groups is 1. The Kier molecular flexibility index (Phi) is 7.30. The van der Waals surface area contributed by atoms with Crippen molar-refractivity contribution in [2.24, 2.45) is 0 Å². The van der Waals surface area contributed by atoms with E-state index in [2.05, 4.69) is 28.4 Å². The third-order valence-corrected chi connectivity index (χ3v) is 4.06. The second kappa shape index (κ2) is 9.46. The van der Waals surface area contributed by atoms with Crippen LogP contribution in [0.2, 0.25) is 0 Å². The standard InChI is InChI=1S/C17H28N4O3/c1-4-7-18-8-9-19-17(22)14-11-13(20-21-14)12-5-6-15(23-2)16(10-12)24-3/h5-6,10,13-14,18,20-21H,4,7-9,11H2,1-3H3,(H,19,22). The molecule has 1 fully saturated rings.